The van der Waals surface area contributed by atoms with E-state index in [0.717, 1.165) is 19.7 Å². The van der Waals surface area contributed by atoms with Gasteiger partial charge in [-0.1, -0.05) is 6.08 Å². The lowest BCUT2D eigenvalue weighted by molar-refractivity contribution is 0.200. The summed E-state index contributed by atoms with van der Waals surface area (Å²) in [7, 11) is 1.71. The van der Waals surface area contributed by atoms with Crippen molar-refractivity contribution in [2.75, 3.05) is 26.8 Å². The van der Waals surface area contributed by atoms with E-state index in [0.29, 0.717) is 0 Å². The molecular formula is C11H17NOS. The number of nitrogens with one attached hydrogen (secondary N) is 1. The molecule has 1 aromatic heterocycles. The molecule has 0 aliphatic heterocycles. The van der Waals surface area contributed by atoms with Crippen molar-refractivity contribution in [3.8, 4) is 0 Å². The quantitative estimate of drug-likeness (QED) is 0.729. The van der Waals surface area contributed by atoms with Crippen LogP contribution in [0, 0.1) is 6.92 Å². The molecule has 14 heavy (non-hydrogen) atoms. The fourth-order valence-corrected chi connectivity index (χ4v) is 1.93. The highest BCUT2D eigenvalue weighted by atomic mass is 32.1. The van der Waals surface area contributed by atoms with Crippen molar-refractivity contribution >= 4 is 17.4 Å². The van der Waals surface area contributed by atoms with Gasteiger partial charge in [-0.05, 0) is 30.0 Å². The largest absolute Gasteiger partial charge is 0.383 e. The van der Waals surface area contributed by atoms with Crippen LogP contribution in [0.15, 0.2) is 17.5 Å². The summed E-state index contributed by atoms with van der Waals surface area (Å²) < 4.78 is 4.93. The van der Waals surface area contributed by atoms with E-state index >= 15 is 0 Å². The first-order valence-corrected chi connectivity index (χ1v) is 5.63. The number of aryl methyl sites for hydroxylation is 1. The SMILES string of the molecule is COCCNCC=Cc1sccc1C. The van der Waals surface area contributed by atoms with Gasteiger partial charge < -0.3 is 10.1 Å². The smallest absolute Gasteiger partial charge is 0.0587 e. The Labute approximate surface area is 89.6 Å². The zero-order chi connectivity index (χ0) is 10.2. The van der Waals surface area contributed by atoms with E-state index in [-0.39, 0.29) is 0 Å². The highest BCUT2D eigenvalue weighted by Gasteiger charge is 1.92. The van der Waals surface area contributed by atoms with Crippen molar-refractivity contribution < 1.29 is 4.74 Å². The third-order valence-corrected chi connectivity index (χ3v) is 2.90. The molecule has 78 valence electrons. The Kier molecular flexibility index (Phi) is 5.52. The predicted octanol–water partition coefficient (Wildman–Crippen LogP) is 2.31. The lowest BCUT2D eigenvalue weighted by Gasteiger charge is -1.98. The first-order valence-electron chi connectivity index (χ1n) is 4.75. The summed E-state index contributed by atoms with van der Waals surface area (Å²) >= 11 is 1.78. The minimum absolute atomic E-state index is 0.770. The fraction of sp³-hybridized carbons (Fsp3) is 0.455. The molecule has 3 heteroatoms. The monoisotopic (exact) mass is 211 g/mol. The van der Waals surface area contributed by atoms with Crippen LogP contribution in [0.1, 0.15) is 10.4 Å². The predicted molar refractivity (Wildman–Crippen MR) is 62.8 cm³/mol. The maximum absolute atomic E-state index is 4.93. The van der Waals surface area contributed by atoms with Crippen molar-refractivity contribution in [2.45, 2.75) is 6.92 Å². The third-order valence-electron chi connectivity index (χ3n) is 1.92. The van der Waals surface area contributed by atoms with Crippen molar-refractivity contribution in [3.63, 3.8) is 0 Å². The van der Waals surface area contributed by atoms with E-state index in [1.165, 1.54) is 10.4 Å². The third kappa shape index (κ3) is 4.05. The summed E-state index contributed by atoms with van der Waals surface area (Å²) in [6.45, 7) is 4.71. The molecule has 0 fully saturated rings. The number of rotatable bonds is 6. The summed E-state index contributed by atoms with van der Waals surface area (Å²) in [5.41, 5.74) is 1.35. The van der Waals surface area contributed by atoms with E-state index in [1.54, 1.807) is 18.4 Å². The van der Waals surface area contributed by atoms with Crippen LogP contribution in [0.3, 0.4) is 0 Å². The van der Waals surface area contributed by atoms with Crippen molar-refractivity contribution in [1.29, 1.82) is 0 Å². The lowest BCUT2D eigenvalue weighted by atomic mass is 10.3. The second kappa shape index (κ2) is 6.76. The molecule has 1 N–H and O–H groups in total. The van der Waals surface area contributed by atoms with Crippen LogP contribution >= 0.6 is 11.3 Å². The van der Waals surface area contributed by atoms with E-state index in [4.69, 9.17) is 4.74 Å². The molecule has 0 saturated carbocycles. The second-order valence-electron chi connectivity index (χ2n) is 3.07. The van der Waals surface area contributed by atoms with Gasteiger partial charge in [-0.15, -0.1) is 11.3 Å². The highest BCUT2D eigenvalue weighted by molar-refractivity contribution is 7.11. The van der Waals surface area contributed by atoms with Gasteiger partial charge in [0.25, 0.3) is 0 Å². The van der Waals surface area contributed by atoms with Gasteiger partial charge in [-0.3, -0.25) is 0 Å². The fourth-order valence-electron chi connectivity index (χ4n) is 1.08. The van der Waals surface area contributed by atoms with E-state index in [9.17, 15) is 0 Å². The molecule has 0 aliphatic carbocycles. The molecule has 0 aromatic carbocycles. The van der Waals surface area contributed by atoms with E-state index in [2.05, 4.69) is 35.8 Å². The first-order chi connectivity index (χ1) is 6.84. The molecule has 0 spiro atoms. The number of hydrogen-bond donors (Lipinski definition) is 1. The van der Waals surface area contributed by atoms with Gasteiger partial charge in [0.1, 0.15) is 0 Å². The molecule has 0 unspecified atom stereocenters. The maximum Gasteiger partial charge on any atom is 0.0587 e. The minimum atomic E-state index is 0.770. The Hall–Kier alpha value is -0.640. The molecule has 0 atom stereocenters. The normalized spacial score (nSPS) is 11.3. The number of methoxy groups -OCH3 is 1. The van der Waals surface area contributed by atoms with Crippen LogP contribution in [-0.4, -0.2) is 26.8 Å². The van der Waals surface area contributed by atoms with Crippen LogP contribution in [0.25, 0.3) is 6.08 Å². The highest BCUT2D eigenvalue weighted by Crippen LogP contribution is 2.16. The van der Waals surface area contributed by atoms with Gasteiger partial charge >= 0.3 is 0 Å². The Bertz CT molecular complexity index is 281. The summed E-state index contributed by atoms with van der Waals surface area (Å²) in [6.07, 6.45) is 4.31. The minimum Gasteiger partial charge on any atom is -0.383 e. The number of ether oxygens (including phenoxy) is 1. The zero-order valence-electron chi connectivity index (χ0n) is 8.75. The van der Waals surface area contributed by atoms with Crippen LogP contribution < -0.4 is 5.32 Å². The Balaban J connectivity index is 2.18. The van der Waals surface area contributed by atoms with Crippen LogP contribution in [-0.2, 0) is 4.74 Å². The standard InChI is InChI=1S/C11H17NOS/c1-10-5-9-14-11(10)4-3-6-12-7-8-13-2/h3-5,9,12H,6-8H2,1-2H3. The molecule has 0 amide bonds. The van der Waals surface area contributed by atoms with Gasteiger partial charge in [-0.25, -0.2) is 0 Å². The van der Waals surface area contributed by atoms with Gasteiger partial charge in [0.05, 0.1) is 6.61 Å². The van der Waals surface area contributed by atoms with Gasteiger partial charge in [0.15, 0.2) is 0 Å². The van der Waals surface area contributed by atoms with Crippen LogP contribution in [0.5, 0.6) is 0 Å². The van der Waals surface area contributed by atoms with Gasteiger partial charge in [0.2, 0.25) is 0 Å². The Morgan fingerprint density at radius 3 is 3.07 bits per heavy atom. The van der Waals surface area contributed by atoms with Crippen LogP contribution in [0.2, 0.25) is 0 Å². The average Bonchev–Trinajstić information content (AvgIpc) is 2.58. The molecule has 0 bridgehead atoms. The molecule has 0 aliphatic rings. The zero-order valence-corrected chi connectivity index (χ0v) is 9.56. The molecule has 0 saturated heterocycles. The molecule has 2 nitrogen and oxygen atoms in total. The van der Waals surface area contributed by atoms with Gasteiger partial charge in [-0.2, -0.15) is 0 Å². The molecule has 0 radical (unpaired) electrons. The summed E-state index contributed by atoms with van der Waals surface area (Å²) in [5, 5.41) is 5.38. The van der Waals surface area contributed by atoms with Gasteiger partial charge in [0, 0.05) is 25.1 Å². The first kappa shape index (κ1) is 11.4. The number of thiophene rings is 1. The Morgan fingerprint density at radius 1 is 1.57 bits per heavy atom. The lowest BCUT2D eigenvalue weighted by Crippen LogP contribution is -2.18. The molecule has 1 rings (SSSR count). The van der Waals surface area contributed by atoms with Crippen LogP contribution in [0.4, 0.5) is 0 Å². The summed E-state index contributed by atoms with van der Waals surface area (Å²) in [5.74, 6) is 0. The molecular weight excluding hydrogens is 194 g/mol. The second-order valence-corrected chi connectivity index (χ2v) is 4.01. The maximum atomic E-state index is 4.93. The van der Waals surface area contributed by atoms with E-state index < -0.39 is 0 Å². The molecule has 1 aromatic rings. The van der Waals surface area contributed by atoms with Crippen molar-refractivity contribution in [2.24, 2.45) is 0 Å². The average molecular weight is 211 g/mol. The summed E-state index contributed by atoms with van der Waals surface area (Å²) in [6, 6.07) is 2.14. The van der Waals surface area contributed by atoms with E-state index in [1.807, 2.05) is 0 Å². The molecule has 1 heterocycles. The topological polar surface area (TPSA) is 21.3 Å². The summed E-state index contributed by atoms with van der Waals surface area (Å²) in [4.78, 5) is 1.35. The Morgan fingerprint density at radius 2 is 2.43 bits per heavy atom. The number of hydrogen-bond acceptors (Lipinski definition) is 3. The van der Waals surface area contributed by atoms with Crippen molar-refractivity contribution in [3.05, 3.63) is 28.0 Å². The van der Waals surface area contributed by atoms with Crippen molar-refractivity contribution in [1.82, 2.24) is 5.32 Å².